The number of rotatable bonds is 2. The number of hydrogen-bond donors (Lipinski definition) is 0. The van der Waals surface area contributed by atoms with Gasteiger partial charge in [0.15, 0.2) is 0 Å². The third kappa shape index (κ3) is 3.08. The van der Waals surface area contributed by atoms with E-state index in [0.717, 1.165) is 19.5 Å². The molecule has 0 spiro atoms. The number of nitrogens with zero attached hydrogens (tertiary/aromatic N) is 3. The fraction of sp³-hybridized carbons (Fsp3) is 0.562. The molecule has 102 valence electrons. The summed E-state index contributed by atoms with van der Waals surface area (Å²) in [5, 5.41) is 9.14. The molecule has 0 aromatic heterocycles. The molecule has 0 aliphatic carbocycles. The highest BCUT2D eigenvalue weighted by molar-refractivity contribution is 5.50. The molecule has 1 aromatic rings. The maximum atomic E-state index is 9.14. The summed E-state index contributed by atoms with van der Waals surface area (Å²) in [5.74, 6) is 0. The van der Waals surface area contributed by atoms with Gasteiger partial charge in [0.2, 0.25) is 0 Å². The number of anilines is 1. The lowest BCUT2D eigenvalue weighted by Crippen LogP contribution is -2.50. The van der Waals surface area contributed by atoms with Crippen LogP contribution in [0.2, 0.25) is 0 Å². The van der Waals surface area contributed by atoms with E-state index in [9.17, 15) is 0 Å². The van der Waals surface area contributed by atoms with E-state index in [0.29, 0.717) is 6.42 Å². The number of benzene rings is 1. The maximum Gasteiger partial charge on any atom is 0.0643 e. The Morgan fingerprint density at radius 3 is 2.63 bits per heavy atom. The minimum atomic E-state index is 0.0770. The van der Waals surface area contributed by atoms with E-state index in [-0.39, 0.29) is 11.6 Å². The van der Waals surface area contributed by atoms with Gasteiger partial charge in [-0.3, -0.25) is 0 Å². The highest BCUT2D eigenvalue weighted by Crippen LogP contribution is 2.32. The van der Waals surface area contributed by atoms with Gasteiger partial charge in [0.1, 0.15) is 0 Å². The number of hydrogen-bond acceptors (Lipinski definition) is 3. The Hall–Kier alpha value is -1.53. The number of nitriles is 1. The quantitative estimate of drug-likeness (QED) is 0.816. The predicted octanol–water partition coefficient (Wildman–Crippen LogP) is 2.89. The van der Waals surface area contributed by atoms with Crippen LogP contribution in [0.4, 0.5) is 5.69 Å². The van der Waals surface area contributed by atoms with E-state index in [4.69, 9.17) is 5.26 Å². The summed E-state index contributed by atoms with van der Waals surface area (Å²) in [6.07, 6.45) is 1.68. The van der Waals surface area contributed by atoms with Crippen molar-refractivity contribution in [3.8, 4) is 6.07 Å². The smallest absolute Gasteiger partial charge is 0.0643 e. The second-order valence-corrected chi connectivity index (χ2v) is 6.05. The lowest BCUT2D eigenvalue weighted by molar-refractivity contribution is 0.329. The topological polar surface area (TPSA) is 30.3 Å². The minimum Gasteiger partial charge on any atom is -0.361 e. The van der Waals surface area contributed by atoms with Crippen molar-refractivity contribution >= 4 is 5.69 Å². The zero-order valence-corrected chi connectivity index (χ0v) is 12.1. The van der Waals surface area contributed by atoms with E-state index in [1.54, 1.807) is 0 Å². The van der Waals surface area contributed by atoms with Gasteiger partial charge in [0.05, 0.1) is 18.5 Å². The molecule has 0 bridgehead atoms. The van der Waals surface area contributed by atoms with Crippen LogP contribution in [0.25, 0.3) is 0 Å². The summed E-state index contributed by atoms with van der Waals surface area (Å²) in [6, 6.07) is 13.1. The normalized spacial score (nSPS) is 23.7. The molecule has 0 radical (unpaired) electrons. The van der Waals surface area contributed by atoms with Crippen LogP contribution in [-0.2, 0) is 0 Å². The molecule has 1 aliphatic rings. The van der Waals surface area contributed by atoms with Gasteiger partial charge in [-0.05, 0) is 39.4 Å². The van der Waals surface area contributed by atoms with E-state index < -0.39 is 0 Å². The van der Waals surface area contributed by atoms with Gasteiger partial charge in [-0.15, -0.1) is 0 Å². The fourth-order valence-electron chi connectivity index (χ4n) is 3.02. The second kappa shape index (κ2) is 5.63. The van der Waals surface area contributed by atoms with Crippen LogP contribution in [0.15, 0.2) is 30.3 Å². The molecule has 19 heavy (non-hydrogen) atoms. The average Bonchev–Trinajstić information content (AvgIpc) is 2.48. The molecule has 1 heterocycles. The summed E-state index contributed by atoms with van der Waals surface area (Å²) in [6.45, 7) is 6.59. The number of likely N-dealkylation sites (N-methyl/N-ethyl adjacent to an activating group) is 1. The molecule has 0 saturated carbocycles. The largest absolute Gasteiger partial charge is 0.361 e. The van der Waals surface area contributed by atoms with Crippen molar-refractivity contribution in [2.24, 2.45) is 0 Å². The summed E-state index contributed by atoms with van der Waals surface area (Å²) < 4.78 is 0. The first-order valence-corrected chi connectivity index (χ1v) is 6.94. The molecular weight excluding hydrogens is 234 g/mol. The van der Waals surface area contributed by atoms with Gasteiger partial charge in [0, 0.05) is 24.3 Å². The summed E-state index contributed by atoms with van der Waals surface area (Å²) in [4.78, 5) is 4.78. The first kappa shape index (κ1) is 13.9. The first-order valence-electron chi connectivity index (χ1n) is 6.94. The molecule has 1 saturated heterocycles. The van der Waals surface area contributed by atoms with Crippen LogP contribution >= 0.6 is 0 Å². The van der Waals surface area contributed by atoms with Crippen molar-refractivity contribution in [1.82, 2.24) is 4.90 Å². The Morgan fingerprint density at radius 1 is 1.32 bits per heavy atom. The highest BCUT2D eigenvalue weighted by atomic mass is 15.3. The zero-order chi connectivity index (χ0) is 13.9. The van der Waals surface area contributed by atoms with Crippen molar-refractivity contribution in [3.63, 3.8) is 0 Å². The summed E-state index contributed by atoms with van der Waals surface area (Å²) in [7, 11) is 2.15. The van der Waals surface area contributed by atoms with Crippen molar-refractivity contribution in [2.45, 2.75) is 38.3 Å². The molecular formula is C16H23N3. The van der Waals surface area contributed by atoms with Crippen LogP contribution in [0.5, 0.6) is 0 Å². The third-order valence-electron chi connectivity index (χ3n) is 4.01. The van der Waals surface area contributed by atoms with Gasteiger partial charge in [-0.1, -0.05) is 18.2 Å². The second-order valence-electron chi connectivity index (χ2n) is 6.05. The van der Waals surface area contributed by atoms with Gasteiger partial charge >= 0.3 is 0 Å². The maximum absolute atomic E-state index is 9.14. The van der Waals surface area contributed by atoms with Gasteiger partial charge in [0.25, 0.3) is 0 Å². The molecule has 0 N–H and O–H groups in total. The van der Waals surface area contributed by atoms with Gasteiger partial charge < -0.3 is 9.80 Å². The van der Waals surface area contributed by atoms with Gasteiger partial charge in [-0.25, -0.2) is 0 Å². The third-order valence-corrected chi connectivity index (χ3v) is 4.01. The fourth-order valence-corrected chi connectivity index (χ4v) is 3.02. The van der Waals surface area contributed by atoms with E-state index in [1.165, 1.54) is 5.69 Å². The Kier molecular flexibility index (Phi) is 4.11. The van der Waals surface area contributed by atoms with Crippen LogP contribution in [-0.4, -0.2) is 36.6 Å². The van der Waals surface area contributed by atoms with Crippen molar-refractivity contribution < 1.29 is 0 Å². The minimum absolute atomic E-state index is 0.0770. The van der Waals surface area contributed by atoms with Crippen LogP contribution in [0, 0.1) is 11.3 Å². The molecule has 2 rings (SSSR count). The van der Waals surface area contributed by atoms with Crippen LogP contribution in [0.1, 0.15) is 26.7 Å². The zero-order valence-electron chi connectivity index (χ0n) is 12.1. The van der Waals surface area contributed by atoms with Crippen molar-refractivity contribution in [1.29, 1.82) is 5.26 Å². The van der Waals surface area contributed by atoms with Gasteiger partial charge in [-0.2, -0.15) is 5.26 Å². The molecule has 0 amide bonds. The van der Waals surface area contributed by atoms with Crippen molar-refractivity contribution in [3.05, 3.63) is 30.3 Å². The summed E-state index contributed by atoms with van der Waals surface area (Å²) >= 11 is 0. The first-order chi connectivity index (χ1) is 9.04. The van der Waals surface area contributed by atoms with Crippen molar-refractivity contribution in [2.75, 3.05) is 25.0 Å². The van der Waals surface area contributed by atoms with E-state index in [2.05, 4.69) is 61.0 Å². The summed E-state index contributed by atoms with van der Waals surface area (Å²) in [5.41, 5.74) is 1.30. The van der Waals surface area contributed by atoms with Crippen LogP contribution < -0.4 is 4.90 Å². The van der Waals surface area contributed by atoms with E-state index in [1.807, 2.05) is 6.07 Å². The SMILES string of the molecule is CN1CCC(C)(C)N(c2ccccc2)C(CC#N)C1. The predicted molar refractivity (Wildman–Crippen MR) is 79.1 cm³/mol. The lowest BCUT2D eigenvalue weighted by atomic mass is 9.95. The standard InChI is InChI=1S/C16H23N3/c1-16(2)10-12-18(3)13-15(9-11-17)19(16)14-7-5-4-6-8-14/h4-8,15H,9-10,12-13H2,1-3H3. The average molecular weight is 257 g/mol. The molecule has 1 unspecified atom stereocenters. The number of para-hydroxylation sites is 1. The Balaban J connectivity index is 2.39. The highest BCUT2D eigenvalue weighted by Gasteiger charge is 2.35. The Bertz CT molecular complexity index is 447. The van der Waals surface area contributed by atoms with Crippen LogP contribution in [0.3, 0.4) is 0 Å². The molecule has 1 fully saturated rings. The molecule has 1 aliphatic heterocycles. The Labute approximate surface area is 116 Å². The molecule has 1 atom stereocenters. The molecule has 3 nitrogen and oxygen atoms in total. The molecule has 1 aromatic carbocycles. The lowest BCUT2D eigenvalue weighted by Gasteiger charge is -2.43. The molecule has 3 heteroatoms. The van der Waals surface area contributed by atoms with E-state index >= 15 is 0 Å². The Morgan fingerprint density at radius 2 is 2.00 bits per heavy atom. The monoisotopic (exact) mass is 257 g/mol.